The van der Waals surface area contributed by atoms with E-state index in [4.69, 9.17) is 18.1 Å². The first-order chi connectivity index (χ1) is 20.5. The topological polar surface area (TPSA) is 40.2 Å². The van der Waals surface area contributed by atoms with E-state index < -0.39 is 25.0 Å². The average molecular weight is 662 g/mol. The lowest BCUT2D eigenvalue weighted by Crippen LogP contribution is -2.42. The minimum atomic E-state index is -2.36. The van der Waals surface area contributed by atoms with Crippen LogP contribution in [0.5, 0.6) is 0 Å². The van der Waals surface area contributed by atoms with Crippen molar-refractivity contribution in [1.82, 2.24) is 5.06 Å². The molecule has 260 valence electrons. The molecule has 0 saturated carbocycles. The molecule has 5 nitrogen and oxygen atoms in total. The van der Waals surface area contributed by atoms with Gasteiger partial charge in [0.05, 0.1) is 6.61 Å². The van der Waals surface area contributed by atoms with E-state index in [1.165, 1.54) is 134 Å². The summed E-state index contributed by atoms with van der Waals surface area (Å²) in [6.07, 6.45) is 27.9. The Bertz CT molecular complexity index is 595. The summed E-state index contributed by atoms with van der Waals surface area (Å²) in [5.41, 5.74) is 0. The molecule has 43 heavy (non-hydrogen) atoms. The van der Waals surface area contributed by atoms with Crippen molar-refractivity contribution in [3.8, 4) is 0 Å². The molecular formula is C35H79NO4Si3. The van der Waals surface area contributed by atoms with Gasteiger partial charge in [-0.3, -0.25) is 4.84 Å². The van der Waals surface area contributed by atoms with E-state index in [1.807, 2.05) is 19.2 Å². The second-order valence-electron chi connectivity index (χ2n) is 15.1. The van der Waals surface area contributed by atoms with Crippen LogP contribution < -0.4 is 0 Å². The van der Waals surface area contributed by atoms with E-state index in [-0.39, 0.29) is 0 Å². The number of rotatable bonds is 33. The largest absolute Gasteiger partial charge is 0.500 e. The molecule has 0 heterocycles. The third-order valence-electron chi connectivity index (χ3n) is 9.57. The Labute approximate surface area is 274 Å². The van der Waals surface area contributed by atoms with Gasteiger partial charge in [-0.1, -0.05) is 166 Å². The van der Waals surface area contributed by atoms with Crippen LogP contribution in [0.4, 0.5) is 0 Å². The van der Waals surface area contributed by atoms with Crippen molar-refractivity contribution in [3.63, 3.8) is 0 Å². The minimum absolute atomic E-state index is 0.874. The molecule has 0 radical (unpaired) electrons. The Kier molecular flexibility index (Phi) is 27.8. The highest BCUT2D eigenvalue weighted by atomic mass is 28.4. The lowest BCUT2D eigenvalue weighted by atomic mass is 10.1. The monoisotopic (exact) mass is 662 g/mol. The van der Waals surface area contributed by atoms with Crippen LogP contribution in [0.25, 0.3) is 0 Å². The highest BCUT2D eigenvalue weighted by Gasteiger charge is 2.36. The van der Waals surface area contributed by atoms with E-state index >= 15 is 0 Å². The molecule has 0 aliphatic heterocycles. The number of hydrogen-bond acceptors (Lipinski definition) is 5. The Morgan fingerprint density at radius 2 is 0.628 bits per heavy atom. The van der Waals surface area contributed by atoms with Gasteiger partial charge in [-0.2, -0.15) is 5.06 Å². The SMILES string of the molecule is CO[Si](CCCCCCCC[Si](C)(C)CCCCCCCC[Si](C)(C)CCCCCCCCCCON(C)C)(OC)OC. The van der Waals surface area contributed by atoms with Crippen molar-refractivity contribution in [2.24, 2.45) is 0 Å². The lowest BCUT2D eigenvalue weighted by molar-refractivity contribution is -0.120. The lowest BCUT2D eigenvalue weighted by Gasteiger charge is -2.24. The highest BCUT2D eigenvalue weighted by molar-refractivity contribution is 6.77. The van der Waals surface area contributed by atoms with Crippen molar-refractivity contribution in [2.45, 2.75) is 185 Å². The summed E-state index contributed by atoms with van der Waals surface area (Å²) in [7, 11) is 4.74. The minimum Gasteiger partial charge on any atom is -0.377 e. The maximum Gasteiger partial charge on any atom is 0.500 e. The molecular weight excluding hydrogens is 583 g/mol. The summed E-state index contributed by atoms with van der Waals surface area (Å²) in [6.45, 7) is 11.4. The molecule has 0 aromatic rings. The van der Waals surface area contributed by atoms with E-state index in [2.05, 4.69) is 26.2 Å². The molecule has 0 saturated heterocycles. The first kappa shape index (κ1) is 43.5. The molecule has 0 aliphatic rings. The van der Waals surface area contributed by atoms with E-state index in [9.17, 15) is 0 Å². The quantitative estimate of drug-likeness (QED) is 0.0397. The Morgan fingerprint density at radius 1 is 0.372 bits per heavy atom. The molecule has 0 aromatic carbocycles. The number of unbranched alkanes of at least 4 members (excludes halogenated alkanes) is 17. The number of nitrogens with zero attached hydrogens (tertiary/aromatic N) is 1. The first-order valence-electron chi connectivity index (χ1n) is 18.5. The standard InChI is InChI=1S/C35H79NO4Si3/c1-36(2)40-30-24-18-12-10-11-13-19-25-31-41(6,7)32-26-20-14-15-21-27-33-42(8,9)34-28-22-16-17-23-29-35-43(37-3,38-4)39-5/h10-35H2,1-9H3. The zero-order chi connectivity index (χ0) is 32.3. The molecule has 0 aliphatic carbocycles. The van der Waals surface area contributed by atoms with Crippen LogP contribution in [0.3, 0.4) is 0 Å². The molecule has 0 bridgehead atoms. The van der Waals surface area contributed by atoms with Gasteiger partial charge in [-0.05, 0) is 12.8 Å². The van der Waals surface area contributed by atoms with Crippen LogP contribution in [0.15, 0.2) is 0 Å². The first-order valence-corrected chi connectivity index (χ1v) is 27.2. The summed E-state index contributed by atoms with van der Waals surface area (Å²) in [6, 6.07) is 7.10. The van der Waals surface area contributed by atoms with Crippen LogP contribution >= 0.6 is 0 Å². The summed E-state index contributed by atoms with van der Waals surface area (Å²) >= 11 is 0. The predicted molar refractivity (Wildman–Crippen MR) is 198 cm³/mol. The third-order valence-corrected chi connectivity index (χ3v) is 19.2. The summed E-state index contributed by atoms with van der Waals surface area (Å²) in [5, 5.41) is 1.81. The molecule has 8 heteroatoms. The van der Waals surface area contributed by atoms with Gasteiger partial charge in [0.15, 0.2) is 0 Å². The van der Waals surface area contributed by atoms with Crippen LogP contribution in [0.1, 0.15) is 128 Å². The van der Waals surface area contributed by atoms with Crippen molar-refractivity contribution >= 4 is 25.0 Å². The third kappa shape index (κ3) is 27.3. The van der Waals surface area contributed by atoms with Gasteiger partial charge >= 0.3 is 8.80 Å². The van der Waals surface area contributed by atoms with E-state index in [0.717, 1.165) is 19.1 Å². The van der Waals surface area contributed by atoms with Gasteiger partial charge in [-0.15, -0.1) is 0 Å². The van der Waals surface area contributed by atoms with Crippen molar-refractivity contribution in [2.75, 3.05) is 42.0 Å². The Balaban J connectivity index is 3.59. The van der Waals surface area contributed by atoms with Crippen LogP contribution in [-0.4, -0.2) is 72.0 Å². The second-order valence-corrected chi connectivity index (χ2v) is 28.8. The van der Waals surface area contributed by atoms with Crippen molar-refractivity contribution in [3.05, 3.63) is 0 Å². The number of hydrogen-bond donors (Lipinski definition) is 0. The summed E-state index contributed by atoms with van der Waals surface area (Å²) in [5.74, 6) is 0. The van der Waals surface area contributed by atoms with Gasteiger partial charge < -0.3 is 13.3 Å². The Morgan fingerprint density at radius 3 is 0.907 bits per heavy atom. The molecule has 0 aromatic heterocycles. The normalized spacial score (nSPS) is 13.0. The number of hydroxylamine groups is 2. The molecule has 0 fully saturated rings. The maximum atomic E-state index is 5.53. The molecule has 0 N–H and O–H groups in total. The maximum absolute atomic E-state index is 5.53. The zero-order valence-corrected chi connectivity index (χ0v) is 34.0. The van der Waals surface area contributed by atoms with Gasteiger partial charge in [0.1, 0.15) is 0 Å². The fraction of sp³-hybridized carbons (Fsp3) is 1.00. The predicted octanol–water partition coefficient (Wildman–Crippen LogP) is 11.6. The van der Waals surface area contributed by atoms with Gasteiger partial charge in [0.2, 0.25) is 0 Å². The molecule has 0 atom stereocenters. The Hall–Kier alpha value is 0.451. The van der Waals surface area contributed by atoms with Crippen LogP contribution in [-0.2, 0) is 18.1 Å². The molecule has 0 amide bonds. The summed E-state index contributed by atoms with van der Waals surface area (Å²) in [4.78, 5) is 5.47. The van der Waals surface area contributed by atoms with Crippen molar-refractivity contribution in [1.29, 1.82) is 0 Å². The highest BCUT2D eigenvalue weighted by Crippen LogP contribution is 2.26. The van der Waals surface area contributed by atoms with E-state index in [0.29, 0.717) is 0 Å². The van der Waals surface area contributed by atoms with Crippen molar-refractivity contribution < 1.29 is 18.1 Å². The van der Waals surface area contributed by atoms with Gasteiger partial charge in [-0.25, -0.2) is 0 Å². The van der Waals surface area contributed by atoms with Crippen LogP contribution in [0.2, 0.25) is 56.4 Å². The molecule has 0 rings (SSSR count). The van der Waals surface area contributed by atoms with Gasteiger partial charge in [0, 0.05) is 57.6 Å². The average Bonchev–Trinajstić information content (AvgIpc) is 2.96. The van der Waals surface area contributed by atoms with E-state index in [1.54, 1.807) is 33.4 Å². The van der Waals surface area contributed by atoms with Gasteiger partial charge in [0.25, 0.3) is 0 Å². The smallest absolute Gasteiger partial charge is 0.377 e. The van der Waals surface area contributed by atoms with Crippen LogP contribution in [0, 0.1) is 0 Å². The fourth-order valence-corrected chi connectivity index (χ4v) is 13.5. The molecule has 0 unspecified atom stereocenters. The zero-order valence-electron chi connectivity index (χ0n) is 31.0. The fourth-order valence-electron chi connectivity index (χ4n) is 6.39. The molecule has 0 spiro atoms. The summed E-state index contributed by atoms with van der Waals surface area (Å²) < 4.78 is 16.6. The second kappa shape index (κ2) is 27.6.